The number of carbonyl (C=O) groups excluding carboxylic acids is 1. The zero-order valence-corrected chi connectivity index (χ0v) is 13.8. The van der Waals surface area contributed by atoms with Crippen LogP contribution in [0.2, 0.25) is 0 Å². The molecule has 0 aliphatic carbocycles. The molecule has 0 aliphatic heterocycles. The van der Waals surface area contributed by atoms with Crippen LogP contribution < -0.4 is 11.1 Å². The molecule has 2 aromatic heterocycles. The van der Waals surface area contributed by atoms with E-state index in [1.165, 1.54) is 12.5 Å². The predicted molar refractivity (Wildman–Crippen MR) is 93.9 cm³/mol. The van der Waals surface area contributed by atoms with Crippen LogP contribution in [0.3, 0.4) is 0 Å². The summed E-state index contributed by atoms with van der Waals surface area (Å²) in [6, 6.07) is 9.20. The lowest BCUT2D eigenvalue weighted by atomic mass is 10.0. The zero-order chi connectivity index (χ0) is 18.5. The van der Waals surface area contributed by atoms with E-state index in [0.717, 1.165) is 5.56 Å². The summed E-state index contributed by atoms with van der Waals surface area (Å²) in [7, 11) is 0. The Balaban J connectivity index is 1.55. The standard InChI is InChI=1S/C17H19N5O4/c18-15-13-11(6-19-16(13)22-9-21-15)14(24)12(23)7-20-17(25)26-8-10-4-2-1-3-5-10/h1-6,9,12,14,23-24H,7-8H2,(H,20,25)(H3,18,19,21,22). The van der Waals surface area contributed by atoms with Crippen molar-refractivity contribution in [3.63, 3.8) is 0 Å². The topological polar surface area (TPSA) is 146 Å². The molecule has 2 atom stereocenters. The third-order valence-electron chi connectivity index (χ3n) is 3.88. The van der Waals surface area contributed by atoms with Crippen LogP contribution in [-0.4, -0.2) is 43.9 Å². The number of hydrogen-bond donors (Lipinski definition) is 5. The molecule has 0 aliphatic rings. The largest absolute Gasteiger partial charge is 0.445 e. The minimum absolute atomic E-state index is 0.113. The lowest BCUT2D eigenvalue weighted by Gasteiger charge is -2.18. The molecular weight excluding hydrogens is 338 g/mol. The number of ether oxygens (including phenoxy) is 1. The van der Waals surface area contributed by atoms with Crippen LogP contribution >= 0.6 is 0 Å². The third-order valence-corrected chi connectivity index (χ3v) is 3.88. The van der Waals surface area contributed by atoms with Crippen molar-refractivity contribution in [3.8, 4) is 0 Å². The van der Waals surface area contributed by atoms with Crippen LogP contribution in [0.25, 0.3) is 11.0 Å². The van der Waals surface area contributed by atoms with E-state index in [1.54, 1.807) is 0 Å². The molecule has 3 rings (SSSR count). The van der Waals surface area contributed by atoms with Crippen LogP contribution in [0, 0.1) is 0 Å². The Kier molecular flexibility index (Phi) is 5.30. The number of anilines is 1. The van der Waals surface area contributed by atoms with Gasteiger partial charge in [0.2, 0.25) is 0 Å². The van der Waals surface area contributed by atoms with Crippen molar-refractivity contribution >= 4 is 22.9 Å². The molecule has 0 radical (unpaired) electrons. The minimum atomic E-state index is -1.29. The summed E-state index contributed by atoms with van der Waals surface area (Å²) in [5.41, 5.74) is 7.45. The summed E-state index contributed by atoms with van der Waals surface area (Å²) >= 11 is 0. The second-order valence-corrected chi connectivity index (χ2v) is 5.68. The van der Waals surface area contributed by atoms with E-state index in [-0.39, 0.29) is 19.0 Å². The van der Waals surface area contributed by atoms with Gasteiger partial charge in [0.1, 0.15) is 36.6 Å². The van der Waals surface area contributed by atoms with Crippen molar-refractivity contribution in [3.05, 3.63) is 54.0 Å². The smallest absolute Gasteiger partial charge is 0.407 e. The van der Waals surface area contributed by atoms with Gasteiger partial charge in [0.25, 0.3) is 0 Å². The van der Waals surface area contributed by atoms with Gasteiger partial charge < -0.3 is 31.0 Å². The highest BCUT2D eigenvalue weighted by atomic mass is 16.5. The van der Waals surface area contributed by atoms with E-state index in [0.29, 0.717) is 16.6 Å². The first-order valence-corrected chi connectivity index (χ1v) is 7.94. The number of fused-ring (bicyclic) bond motifs is 1. The minimum Gasteiger partial charge on any atom is -0.445 e. The lowest BCUT2D eigenvalue weighted by molar-refractivity contribution is 0.0192. The van der Waals surface area contributed by atoms with Gasteiger partial charge in [-0.3, -0.25) is 0 Å². The van der Waals surface area contributed by atoms with Gasteiger partial charge in [0.15, 0.2) is 0 Å². The molecule has 2 heterocycles. The number of nitrogen functional groups attached to an aromatic ring is 1. The van der Waals surface area contributed by atoms with E-state index in [1.807, 2.05) is 30.3 Å². The number of rotatable bonds is 6. The van der Waals surface area contributed by atoms with Crippen molar-refractivity contribution in [1.29, 1.82) is 0 Å². The molecule has 3 aromatic rings. The first-order chi connectivity index (χ1) is 12.6. The maximum atomic E-state index is 11.7. The second kappa shape index (κ2) is 7.81. The first-order valence-electron chi connectivity index (χ1n) is 7.94. The average Bonchev–Trinajstić information content (AvgIpc) is 3.10. The van der Waals surface area contributed by atoms with Crippen LogP contribution in [0.1, 0.15) is 17.2 Å². The fraction of sp³-hybridized carbons (Fsp3) is 0.235. The monoisotopic (exact) mass is 357 g/mol. The van der Waals surface area contributed by atoms with E-state index in [9.17, 15) is 15.0 Å². The van der Waals surface area contributed by atoms with E-state index < -0.39 is 18.3 Å². The number of nitrogens with zero attached hydrogens (tertiary/aromatic N) is 2. The predicted octanol–water partition coefficient (Wildman–Crippen LogP) is 0.861. The Hall–Kier alpha value is -3.17. The average molecular weight is 357 g/mol. The highest BCUT2D eigenvalue weighted by molar-refractivity contribution is 5.89. The van der Waals surface area contributed by atoms with Gasteiger partial charge in [-0.15, -0.1) is 0 Å². The van der Waals surface area contributed by atoms with Gasteiger partial charge in [0, 0.05) is 18.3 Å². The lowest BCUT2D eigenvalue weighted by Crippen LogP contribution is -2.35. The summed E-state index contributed by atoms with van der Waals surface area (Å²) in [6.07, 6.45) is -0.450. The van der Waals surface area contributed by atoms with Gasteiger partial charge in [0.05, 0.1) is 5.39 Å². The molecule has 1 amide bonds. The van der Waals surface area contributed by atoms with Gasteiger partial charge in [-0.05, 0) is 5.56 Å². The van der Waals surface area contributed by atoms with Crippen LogP contribution in [0.4, 0.5) is 10.6 Å². The number of benzene rings is 1. The van der Waals surface area contributed by atoms with Crippen molar-refractivity contribution in [2.75, 3.05) is 12.3 Å². The molecule has 6 N–H and O–H groups in total. The summed E-state index contributed by atoms with van der Waals surface area (Å²) in [5.74, 6) is 0.188. The Morgan fingerprint density at radius 1 is 1.27 bits per heavy atom. The number of nitrogens with one attached hydrogen (secondary N) is 2. The van der Waals surface area contributed by atoms with Gasteiger partial charge in [-0.2, -0.15) is 0 Å². The molecule has 0 bridgehead atoms. The van der Waals surface area contributed by atoms with Gasteiger partial charge in [-0.1, -0.05) is 30.3 Å². The molecule has 2 unspecified atom stereocenters. The van der Waals surface area contributed by atoms with Crippen molar-refractivity contribution in [2.45, 2.75) is 18.8 Å². The summed E-state index contributed by atoms with van der Waals surface area (Å²) in [4.78, 5) is 22.5. The highest BCUT2D eigenvalue weighted by Gasteiger charge is 2.24. The number of nitrogens with two attached hydrogens (primary N) is 1. The fourth-order valence-electron chi connectivity index (χ4n) is 2.53. The number of hydrogen-bond acceptors (Lipinski definition) is 7. The molecular formula is C17H19N5O4. The third kappa shape index (κ3) is 3.90. The first kappa shape index (κ1) is 17.6. The molecule has 0 spiro atoms. The van der Waals surface area contributed by atoms with E-state index in [2.05, 4.69) is 20.3 Å². The zero-order valence-electron chi connectivity index (χ0n) is 13.8. The quantitative estimate of drug-likeness (QED) is 0.439. The molecule has 0 fully saturated rings. The van der Waals surface area contributed by atoms with Gasteiger partial charge in [-0.25, -0.2) is 14.8 Å². The number of aromatic nitrogens is 3. The number of aromatic amines is 1. The summed E-state index contributed by atoms with van der Waals surface area (Å²) < 4.78 is 5.05. The van der Waals surface area contributed by atoms with E-state index in [4.69, 9.17) is 10.5 Å². The number of aliphatic hydroxyl groups excluding tert-OH is 2. The number of alkyl carbamates (subject to hydrolysis) is 1. The Bertz CT molecular complexity index is 883. The number of aliphatic hydroxyl groups is 2. The van der Waals surface area contributed by atoms with Crippen LogP contribution in [-0.2, 0) is 11.3 Å². The Labute approximate surface area is 148 Å². The SMILES string of the molecule is Nc1ncnc2[nH]cc(C(O)C(O)CNC(=O)OCc3ccccc3)c12. The molecule has 0 saturated carbocycles. The Morgan fingerprint density at radius 3 is 2.81 bits per heavy atom. The van der Waals surface area contributed by atoms with Crippen molar-refractivity contribution < 1.29 is 19.7 Å². The summed E-state index contributed by atoms with van der Waals surface area (Å²) in [6.45, 7) is -0.0866. The van der Waals surface area contributed by atoms with Crippen molar-refractivity contribution in [1.82, 2.24) is 20.3 Å². The second-order valence-electron chi connectivity index (χ2n) is 5.68. The van der Waals surface area contributed by atoms with Gasteiger partial charge >= 0.3 is 6.09 Å². The normalized spacial score (nSPS) is 13.3. The molecule has 26 heavy (non-hydrogen) atoms. The maximum Gasteiger partial charge on any atom is 0.407 e. The fourth-order valence-corrected chi connectivity index (χ4v) is 2.53. The number of carbonyl (C=O) groups is 1. The van der Waals surface area contributed by atoms with E-state index >= 15 is 0 Å². The highest BCUT2D eigenvalue weighted by Crippen LogP contribution is 2.28. The molecule has 136 valence electrons. The Morgan fingerprint density at radius 2 is 2.04 bits per heavy atom. The molecule has 9 nitrogen and oxygen atoms in total. The maximum absolute atomic E-state index is 11.7. The number of amides is 1. The van der Waals surface area contributed by atoms with Crippen LogP contribution in [0.5, 0.6) is 0 Å². The molecule has 9 heteroatoms. The summed E-state index contributed by atoms with van der Waals surface area (Å²) in [5, 5.41) is 23.4. The molecule has 1 aromatic carbocycles. The van der Waals surface area contributed by atoms with Crippen molar-refractivity contribution in [2.24, 2.45) is 0 Å². The molecule has 0 saturated heterocycles. The number of H-pyrrole nitrogens is 1. The van der Waals surface area contributed by atoms with Crippen LogP contribution in [0.15, 0.2) is 42.9 Å².